The van der Waals surface area contributed by atoms with Crippen LogP contribution in [-0.4, -0.2) is 0 Å². The van der Waals surface area contributed by atoms with Crippen molar-refractivity contribution in [3.63, 3.8) is 0 Å². The number of aryl methyl sites for hydroxylation is 2. The van der Waals surface area contributed by atoms with E-state index >= 15 is 0 Å². The summed E-state index contributed by atoms with van der Waals surface area (Å²) >= 11 is 0. The van der Waals surface area contributed by atoms with Gasteiger partial charge in [0, 0.05) is 0 Å². The molecular formula is C17H22N2. The van der Waals surface area contributed by atoms with E-state index in [1.54, 1.807) is 0 Å². The second kappa shape index (κ2) is 6.50. The summed E-state index contributed by atoms with van der Waals surface area (Å²) in [6.45, 7) is 4.29. The van der Waals surface area contributed by atoms with Crippen molar-refractivity contribution in [2.75, 3.05) is 0 Å². The van der Waals surface area contributed by atoms with Gasteiger partial charge in [-0.25, -0.2) is 5.43 Å². The van der Waals surface area contributed by atoms with Gasteiger partial charge in [0.15, 0.2) is 0 Å². The summed E-state index contributed by atoms with van der Waals surface area (Å²) in [7, 11) is 0. The van der Waals surface area contributed by atoms with Gasteiger partial charge in [0.1, 0.15) is 0 Å². The molecule has 0 heterocycles. The number of rotatable bonds is 5. The molecule has 2 rings (SSSR count). The van der Waals surface area contributed by atoms with Crippen LogP contribution < -0.4 is 11.3 Å². The van der Waals surface area contributed by atoms with Gasteiger partial charge in [0.25, 0.3) is 0 Å². The second-order valence-electron chi connectivity index (χ2n) is 5.00. The first-order valence-corrected chi connectivity index (χ1v) is 6.86. The van der Waals surface area contributed by atoms with Crippen LogP contribution in [0.4, 0.5) is 0 Å². The third-order valence-electron chi connectivity index (χ3n) is 3.43. The maximum Gasteiger partial charge on any atom is 0.0710 e. The van der Waals surface area contributed by atoms with Crippen LogP contribution in [0.1, 0.15) is 41.6 Å². The number of benzene rings is 2. The molecule has 0 aliphatic heterocycles. The van der Waals surface area contributed by atoms with Crippen molar-refractivity contribution in [2.45, 2.75) is 32.7 Å². The van der Waals surface area contributed by atoms with Gasteiger partial charge in [-0.3, -0.25) is 5.84 Å². The molecule has 2 aromatic carbocycles. The average Bonchev–Trinajstić information content (AvgIpc) is 2.44. The Labute approximate surface area is 115 Å². The van der Waals surface area contributed by atoms with Crippen LogP contribution in [0.2, 0.25) is 0 Å². The Morgan fingerprint density at radius 2 is 1.47 bits per heavy atom. The first-order valence-electron chi connectivity index (χ1n) is 6.86. The molecule has 0 aliphatic carbocycles. The van der Waals surface area contributed by atoms with E-state index in [1.165, 1.54) is 28.7 Å². The van der Waals surface area contributed by atoms with E-state index in [0.29, 0.717) is 0 Å². The first kappa shape index (κ1) is 13.8. The van der Waals surface area contributed by atoms with Crippen LogP contribution in [0.5, 0.6) is 0 Å². The second-order valence-corrected chi connectivity index (χ2v) is 5.00. The molecule has 2 heteroatoms. The SMILES string of the molecule is CCCc1ccc(C(NN)c2ccc(C)cc2)cc1. The highest BCUT2D eigenvalue weighted by molar-refractivity contribution is 5.34. The maximum atomic E-state index is 5.72. The standard InChI is InChI=1S/C17H22N2/c1-3-4-14-7-11-16(12-8-14)17(19-18)15-9-5-13(2)6-10-15/h5-12,17,19H,3-4,18H2,1-2H3. The lowest BCUT2D eigenvalue weighted by Gasteiger charge is -2.17. The molecule has 0 fully saturated rings. The zero-order valence-corrected chi connectivity index (χ0v) is 11.7. The Balaban J connectivity index is 2.23. The van der Waals surface area contributed by atoms with Crippen LogP contribution in [-0.2, 0) is 6.42 Å². The van der Waals surface area contributed by atoms with Crippen LogP contribution in [0.15, 0.2) is 48.5 Å². The highest BCUT2D eigenvalue weighted by atomic mass is 15.2. The summed E-state index contributed by atoms with van der Waals surface area (Å²) in [6.07, 6.45) is 2.31. The molecule has 0 bridgehead atoms. The van der Waals surface area contributed by atoms with Crippen molar-refractivity contribution in [1.29, 1.82) is 0 Å². The minimum Gasteiger partial charge on any atom is -0.271 e. The van der Waals surface area contributed by atoms with Gasteiger partial charge in [0.05, 0.1) is 6.04 Å². The Morgan fingerprint density at radius 1 is 0.947 bits per heavy atom. The molecule has 0 amide bonds. The molecule has 0 aliphatic rings. The van der Waals surface area contributed by atoms with Crippen LogP contribution in [0.25, 0.3) is 0 Å². The Bertz CT molecular complexity index is 500. The van der Waals surface area contributed by atoms with Crippen molar-refractivity contribution in [2.24, 2.45) is 5.84 Å². The van der Waals surface area contributed by atoms with E-state index in [1.807, 2.05) is 0 Å². The molecule has 2 nitrogen and oxygen atoms in total. The van der Waals surface area contributed by atoms with Gasteiger partial charge < -0.3 is 0 Å². The van der Waals surface area contributed by atoms with Gasteiger partial charge in [-0.2, -0.15) is 0 Å². The van der Waals surface area contributed by atoms with Gasteiger partial charge in [-0.05, 0) is 30.0 Å². The summed E-state index contributed by atoms with van der Waals surface area (Å²) in [5.41, 5.74) is 7.94. The fourth-order valence-electron chi connectivity index (χ4n) is 2.31. The fourth-order valence-corrected chi connectivity index (χ4v) is 2.31. The van der Waals surface area contributed by atoms with Gasteiger partial charge in [-0.1, -0.05) is 67.4 Å². The minimum absolute atomic E-state index is 0.0521. The number of hydrogen-bond donors (Lipinski definition) is 2. The predicted molar refractivity (Wildman–Crippen MR) is 80.8 cm³/mol. The zero-order chi connectivity index (χ0) is 13.7. The third kappa shape index (κ3) is 3.43. The molecule has 2 aromatic rings. The van der Waals surface area contributed by atoms with E-state index in [2.05, 4.69) is 67.8 Å². The molecule has 0 radical (unpaired) electrons. The molecule has 100 valence electrons. The number of hydrazine groups is 1. The number of hydrogen-bond acceptors (Lipinski definition) is 2. The quantitative estimate of drug-likeness (QED) is 0.633. The maximum absolute atomic E-state index is 5.72. The lowest BCUT2D eigenvalue weighted by Crippen LogP contribution is -2.28. The molecule has 0 saturated heterocycles. The van der Waals surface area contributed by atoms with Crippen molar-refractivity contribution in [3.8, 4) is 0 Å². The lowest BCUT2D eigenvalue weighted by atomic mass is 9.97. The average molecular weight is 254 g/mol. The molecular weight excluding hydrogens is 232 g/mol. The predicted octanol–water partition coefficient (Wildman–Crippen LogP) is 3.50. The van der Waals surface area contributed by atoms with Crippen molar-refractivity contribution in [1.82, 2.24) is 5.43 Å². The Kier molecular flexibility index (Phi) is 4.72. The summed E-state index contributed by atoms with van der Waals surface area (Å²) in [4.78, 5) is 0. The highest BCUT2D eigenvalue weighted by Crippen LogP contribution is 2.22. The molecule has 0 spiro atoms. The van der Waals surface area contributed by atoms with Gasteiger partial charge in [-0.15, -0.1) is 0 Å². The molecule has 0 saturated carbocycles. The zero-order valence-electron chi connectivity index (χ0n) is 11.7. The minimum atomic E-state index is 0.0521. The molecule has 3 N–H and O–H groups in total. The van der Waals surface area contributed by atoms with E-state index in [0.717, 1.165) is 6.42 Å². The molecule has 1 unspecified atom stereocenters. The van der Waals surface area contributed by atoms with Crippen molar-refractivity contribution < 1.29 is 0 Å². The molecule has 19 heavy (non-hydrogen) atoms. The number of nitrogens with one attached hydrogen (secondary N) is 1. The van der Waals surface area contributed by atoms with Crippen LogP contribution >= 0.6 is 0 Å². The molecule has 0 aromatic heterocycles. The summed E-state index contributed by atoms with van der Waals surface area (Å²) < 4.78 is 0. The van der Waals surface area contributed by atoms with Gasteiger partial charge >= 0.3 is 0 Å². The topological polar surface area (TPSA) is 38.0 Å². The van der Waals surface area contributed by atoms with Gasteiger partial charge in [0.2, 0.25) is 0 Å². The molecule has 1 atom stereocenters. The van der Waals surface area contributed by atoms with Crippen LogP contribution in [0, 0.1) is 6.92 Å². The van der Waals surface area contributed by atoms with E-state index in [9.17, 15) is 0 Å². The smallest absolute Gasteiger partial charge is 0.0710 e. The van der Waals surface area contributed by atoms with Crippen molar-refractivity contribution >= 4 is 0 Å². The largest absolute Gasteiger partial charge is 0.271 e. The van der Waals surface area contributed by atoms with E-state index < -0.39 is 0 Å². The normalized spacial score (nSPS) is 12.4. The summed E-state index contributed by atoms with van der Waals surface area (Å²) in [6, 6.07) is 17.2. The number of nitrogens with two attached hydrogens (primary N) is 1. The summed E-state index contributed by atoms with van der Waals surface area (Å²) in [5, 5.41) is 0. The first-order chi connectivity index (χ1) is 9.24. The van der Waals surface area contributed by atoms with Crippen molar-refractivity contribution in [3.05, 3.63) is 70.8 Å². The Hall–Kier alpha value is -1.64. The highest BCUT2D eigenvalue weighted by Gasteiger charge is 2.11. The Morgan fingerprint density at radius 3 is 1.95 bits per heavy atom. The van der Waals surface area contributed by atoms with E-state index in [4.69, 9.17) is 5.84 Å². The van der Waals surface area contributed by atoms with E-state index in [-0.39, 0.29) is 6.04 Å². The lowest BCUT2D eigenvalue weighted by molar-refractivity contribution is 0.636. The third-order valence-corrected chi connectivity index (χ3v) is 3.43. The van der Waals surface area contributed by atoms with Crippen LogP contribution in [0.3, 0.4) is 0 Å². The summed E-state index contributed by atoms with van der Waals surface area (Å²) in [5.74, 6) is 5.72. The fraction of sp³-hybridized carbons (Fsp3) is 0.294. The monoisotopic (exact) mass is 254 g/mol.